The molecule has 1 rings (SSSR count). The van der Waals surface area contributed by atoms with Crippen LogP contribution in [0.4, 0.5) is 4.39 Å². The molecule has 0 aromatic heterocycles. The number of nitrogens with two attached hydrogens (primary N) is 1. The molecule has 1 aromatic carbocycles. The third-order valence-corrected chi connectivity index (χ3v) is 1.45. The van der Waals surface area contributed by atoms with E-state index >= 15 is 0 Å². The Morgan fingerprint density at radius 1 is 1.55 bits per heavy atom. The molecule has 2 heteroatoms. The summed E-state index contributed by atoms with van der Waals surface area (Å²) in [6.45, 7) is 1.91. The van der Waals surface area contributed by atoms with Crippen LogP contribution in [0.2, 0.25) is 0 Å². The van der Waals surface area contributed by atoms with Gasteiger partial charge in [-0.2, -0.15) is 0 Å². The minimum Gasteiger partial charge on any atom is -0.328 e. The van der Waals surface area contributed by atoms with E-state index in [-0.39, 0.29) is 11.9 Å². The summed E-state index contributed by atoms with van der Waals surface area (Å²) in [6, 6.07) is 6.63. The Kier molecular flexibility index (Phi) is 2.60. The van der Waals surface area contributed by atoms with E-state index in [1.807, 2.05) is 13.0 Å². The van der Waals surface area contributed by atoms with Crippen molar-refractivity contribution in [2.45, 2.75) is 19.4 Å². The van der Waals surface area contributed by atoms with Gasteiger partial charge in [0, 0.05) is 6.04 Å². The SMILES string of the molecule is CC(N)Cc1cc(F)cc[13cH]1. The van der Waals surface area contributed by atoms with Crippen molar-refractivity contribution in [1.29, 1.82) is 0 Å². The fourth-order valence-electron chi connectivity index (χ4n) is 1.04. The highest BCUT2D eigenvalue weighted by Crippen LogP contribution is 2.04. The van der Waals surface area contributed by atoms with Crippen molar-refractivity contribution < 1.29 is 4.39 Å². The van der Waals surface area contributed by atoms with Crippen molar-refractivity contribution in [3.63, 3.8) is 0 Å². The van der Waals surface area contributed by atoms with Crippen molar-refractivity contribution in [1.82, 2.24) is 0 Å². The first-order chi connectivity index (χ1) is 5.18. The highest BCUT2D eigenvalue weighted by Gasteiger charge is 1.97. The predicted molar refractivity (Wildman–Crippen MR) is 43.8 cm³/mol. The Morgan fingerprint density at radius 2 is 2.27 bits per heavy atom. The molecular weight excluding hydrogens is 142 g/mol. The van der Waals surface area contributed by atoms with E-state index in [1.165, 1.54) is 12.1 Å². The van der Waals surface area contributed by atoms with Crippen LogP contribution < -0.4 is 5.73 Å². The Labute approximate surface area is 66.0 Å². The van der Waals surface area contributed by atoms with Gasteiger partial charge in [0.2, 0.25) is 0 Å². The topological polar surface area (TPSA) is 26.0 Å². The molecule has 1 nitrogen and oxygen atoms in total. The maximum atomic E-state index is 12.6. The molecule has 0 saturated heterocycles. The molecule has 1 unspecified atom stereocenters. The van der Waals surface area contributed by atoms with Crippen molar-refractivity contribution in [2.24, 2.45) is 5.73 Å². The average Bonchev–Trinajstić information content (AvgIpc) is 1.85. The Hall–Kier alpha value is -0.890. The van der Waals surface area contributed by atoms with Gasteiger partial charge in [0.25, 0.3) is 0 Å². The molecule has 0 spiro atoms. The predicted octanol–water partition coefficient (Wildman–Crippen LogP) is 1.72. The van der Waals surface area contributed by atoms with E-state index in [1.54, 1.807) is 6.07 Å². The zero-order valence-corrected chi connectivity index (χ0v) is 6.55. The number of hydrogen-bond donors (Lipinski definition) is 1. The first-order valence-electron chi connectivity index (χ1n) is 3.68. The van der Waals surface area contributed by atoms with Gasteiger partial charge in [0.15, 0.2) is 0 Å². The standard InChI is InChI=1S/C9H12FN/c1-7(11)5-8-3-2-4-9(10)6-8/h2-4,6-7H,5,11H2,1H3/i3+1. The zero-order valence-electron chi connectivity index (χ0n) is 6.55. The smallest absolute Gasteiger partial charge is 0.123 e. The van der Waals surface area contributed by atoms with E-state index < -0.39 is 0 Å². The van der Waals surface area contributed by atoms with Gasteiger partial charge in [-0.1, -0.05) is 12.1 Å². The summed E-state index contributed by atoms with van der Waals surface area (Å²) < 4.78 is 12.6. The van der Waals surface area contributed by atoms with Gasteiger partial charge in [0.05, 0.1) is 0 Å². The number of benzene rings is 1. The van der Waals surface area contributed by atoms with E-state index in [2.05, 4.69) is 0 Å². The minimum absolute atomic E-state index is 0.0943. The minimum atomic E-state index is -0.192. The first-order valence-corrected chi connectivity index (χ1v) is 3.68. The largest absolute Gasteiger partial charge is 0.328 e. The van der Waals surface area contributed by atoms with Crippen LogP contribution in [0.25, 0.3) is 0 Å². The van der Waals surface area contributed by atoms with Gasteiger partial charge in [-0.25, -0.2) is 4.39 Å². The summed E-state index contributed by atoms with van der Waals surface area (Å²) >= 11 is 0. The van der Waals surface area contributed by atoms with Crippen LogP contribution >= 0.6 is 0 Å². The quantitative estimate of drug-likeness (QED) is 0.689. The monoisotopic (exact) mass is 154 g/mol. The van der Waals surface area contributed by atoms with E-state index in [0.717, 1.165) is 12.0 Å². The molecule has 1 aromatic rings. The van der Waals surface area contributed by atoms with Gasteiger partial charge >= 0.3 is 0 Å². The molecule has 0 aliphatic rings. The highest BCUT2D eigenvalue weighted by molar-refractivity contribution is 5.17. The second-order valence-electron chi connectivity index (χ2n) is 2.81. The molecule has 11 heavy (non-hydrogen) atoms. The second kappa shape index (κ2) is 3.49. The molecule has 2 N–H and O–H groups in total. The molecule has 0 saturated carbocycles. The van der Waals surface area contributed by atoms with Crippen LogP contribution in [0.15, 0.2) is 24.3 Å². The fourth-order valence-corrected chi connectivity index (χ4v) is 1.04. The molecule has 0 aliphatic carbocycles. The normalized spacial score (nSPS) is 13.0. The van der Waals surface area contributed by atoms with Crippen LogP contribution in [-0.2, 0) is 6.42 Å². The van der Waals surface area contributed by atoms with E-state index in [0.29, 0.717) is 0 Å². The van der Waals surface area contributed by atoms with E-state index in [4.69, 9.17) is 5.73 Å². The Balaban J connectivity index is 2.71. The number of hydrogen-bond acceptors (Lipinski definition) is 1. The van der Waals surface area contributed by atoms with Gasteiger partial charge < -0.3 is 5.73 Å². The van der Waals surface area contributed by atoms with Crippen LogP contribution in [0.5, 0.6) is 0 Å². The van der Waals surface area contributed by atoms with Gasteiger partial charge in [0.1, 0.15) is 5.82 Å². The lowest BCUT2D eigenvalue weighted by molar-refractivity contribution is 0.623. The summed E-state index contributed by atoms with van der Waals surface area (Å²) in [6.07, 6.45) is 0.734. The average molecular weight is 154 g/mol. The maximum Gasteiger partial charge on any atom is 0.123 e. The molecule has 0 aliphatic heterocycles. The third kappa shape index (κ3) is 2.68. The second-order valence-corrected chi connectivity index (χ2v) is 2.81. The number of halogens is 1. The van der Waals surface area contributed by atoms with Crippen LogP contribution in [0, 0.1) is 5.82 Å². The summed E-state index contributed by atoms with van der Waals surface area (Å²) in [5, 5.41) is 0. The molecule has 0 amide bonds. The van der Waals surface area contributed by atoms with Crippen LogP contribution in [0.1, 0.15) is 12.5 Å². The van der Waals surface area contributed by atoms with Gasteiger partial charge in [-0.3, -0.25) is 0 Å². The summed E-state index contributed by atoms with van der Waals surface area (Å²) in [4.78, 5) is 0. The molecule has 1 atom stereocenters. The first kappa shape index (κ1) is 8.21. The lowest BCUT2D eigenvalue weighted by Gasteiger charge is -2.03. The van der Waals surface area contributed by atoms with Gasteiger partial charge in [-0.15, -0.1) is 0 Å². The van der Waals surface area contributed by atoms with Crippen molar-refractivity contribution in [2.75, 3.05) is 0 Å². The summed E-state index contributed by atoms with van der Waals surface area (Å²) in [5.74, 6) is -0.192. The molecule has 0 radical (unpaired) electrons. The Morgan fingerprint density at radius 3 is 2.82 bits per heavy atom. The maximum absolute atomic E-state index is 12.6. The van der Waals surface area contributed by atoms with Crippen LogP contribution in [0.3, 0.4) is 0 Å². The summed E-state index contributed by atoms with van der Waals surface area (Å²) in [5.41, 5.74) is 6.51. The zero-order chi connectivity index (χ0) is 8.27. The molecule has 0 bridgehead atoms. The van der Waals surface area contributed by atoms with Gasteiger partial charge in [-0.05, 0) is 31.0 Å². The molecule has 60 valence electrons. The van der Waals surface area contributed by atoms with Crippen LogP contribution in [-0.4, -0.2) is 6.04 Å². The highest BCUT2D eigenvalue weighted by atomic mass is 19.1. The lowest BCUT2D eigenvalue weighted by Crippen LogP contribution is -2.17. The Bertz CT molecular complexity index is 233. The summed E-state index contributed by atoms with van der Waals surface area (Å²) in [7, 11) is 0. The van der Waals surface area contributed by atoms with E-state index in [9.17, 15) is 4.39 Å². The lowest BCUT2D eigenvalue weighted by atomic mass is 10.1. The number of rotatable bonds is 2. The van der Waals surface area contributed by atoms with Crippen molar-refractivity contribution in [3.05, 3.63) is 35.6 Å². The van der Waals surface area contributed by atoms with Crippen molar-refractivity contribution in [3.8, 4) is 0 Å². The van der Waals surface area contributed by atoms with Crippen molar-refractivity contribution >= 4 is 0 Å². The molecular formula is C9H12FN. The molecule has 0 fully saturated rings. The third-order valence-electron chi connectivity index (χ3n) is 1.45. The molecule has 0 heterocycles. The fraction of sp³-hybridized carbons (Fsp3) is 0.333.